The SMILES string of the molecule is O=C1NCCCN1CC(=O)N1CCC[C@H]1c1noc(C2CC2)n1. The quantitative estimate of drug-likeness (QED) is 0.895. The number of nitrogens with one attached hydrogen (secondary N) is 1. The second-order valence-electron chi connectivity index (χ2n) is 6.52. The van der Waals surface area contributed by atoms with Crippen molar-refractivity contribution in [3.63, 3.8) is 0 Å². The average molecular weight is 319 g/mol. The first-order valence-electron chi connectivity index (χ1n) is 8.38. The maximum Gasteiger partial charge on any atom is 0.317 e. The highest BCUT2D eigenvalue weighted by atomic mass is 16.5. The fourth-order valence-corrected chi connectivity index (χ4v) is 3.30. The molecule has 1 aromatic rings. The lowest BCUT2D eigenvalue weighted by Crippen LogP contribution is -2.50. The summed E-state index contributed by atoms with van der Waals surface area (Å²) in [7, 11) is 0. The van der Waals surface area contributed by atoms with Gasteiger partial charge in [0.25, 0.3) is 0 Å². The van der Waals surface area contributed by atoms with Crippen molar-refractivity contribution < 1.29 is 14.1 Å². The zero-order chi connectivity index (χ0) is 15.8. The standard InChI is InChI=1S/C15H21N5O3/c21-12(9-19-7-2-6-16-15(19)22)20-8-1-3-11(20)13-17-14(23-18-13)10-4-5-10/h10-11H,1-9H2,(H,16,22)/t11-/m0/s1. The molecule has 8 heteroatoms. The molecule has 0 radical (unpaired) electrons. The number of carbonyl (C=O) groups is 2. The maximum atomic E-state index is 12.6. The van der Waals surface area contributed by atoms with Crippen LogP contribution in [0.15, 0.2) is 4.52 Å². The van der Waals surface area contributed by atoms with Gasteiger partial charge < -0.3 is 19.6 Å². The monoisotopic (exact) mass is 319 g/mol. The second-order valence-corrected chi connectivity index (χ2v) is 6.52. The molecule has 0 bridgehead atoms. The Morgan fingerprint density at radius 2 is 2.13 bits per heavy atom. The first-order valence-corrected chi connectivity index (χ1v) is 8.38. The van der Waals surface area contributed by atoms with E-state index >= 15 is 0 Å². The van der Waals surface area contributed by atoms with Crippen LogP contribution < -0.4 is 5.32 Å². The van der Waals surface area contributed by atoms with Crippen LogP contribution in [-0.4, -0.2) is 58.1 Å². The molecule has 1 aromatic heterocycles. The third-order valence-corrected chi connectivity index (χ3v) is 4.75. The van der Waals surface area contributed by atoms with Gasteiger partial charge in [-0.05, 0) is 32.1 Å². The van der Waals surface area contributed by atoms with Gasteiger partial charge in [-0.3, -0.25) is 4.79 Å². The lowest BCUT2D eigenvalue weighted by atomic mass is 10.2. The fourth-order valence-electron chi connectivity index (χ4n) is 3.30. The van der Waals surface area contributed by atoms with Crippen molar-refractivity contribution in [2.75, 3.05) is 26.2 Å². The van der Waals surface area contributed by atoms with Gasteiger partial charge in [0.15, 0.2) is 5.82 Å². The largest absolute Gasteiger partial charge is 0.339 e. The average Bonchev–Trinajstić information content (AvgIpc) is 3.10. The molecule has 8 nitrogen and oxygen atoms in total. The topological polar surface area (TPSA) is 91.6 Å². The van der Waals surface area contributed by atoms with Gasteiger partial charge in [-0.15, -0.1) is 0 Å². The molecule has 4 rings (SSSR count). The molecule has 2 aliphatic heterocycles. The van der Waals surface area contributed by atoms with E-state index in [2.05, 4.69) is 15.5 Å². The summed E-state index contributed by atoms with van der Waals surface area (Å²) >= 11 is 0. The molecule has 3 amide bonds. The summed E-state index contributed by atoms with van der Waals surface area (Å²) in [6, 6.07) is -0.275. The number of nitrogens with zero attached hydrogens (tertiary/aromatic N) is 4. The molecule has 3 fully saturated rings. The number of hydrogen-bond donors (Lipinski definition) is 1. The second kappa shape index (κ2) is 5.82. The highest BCUT2D eigenvalue weighted by molar-refractivity contribution is 5.84. The number of rotatable bonds is 4. The van der Waals surface area contributed by atoms with Crippen LogP contribution >= 0.6 is 0 Å². The molecule has 3 aliphatic rings. The Morgan fingerprint density at radius 3 is 2.91 bits per heavy atom. The fraction of sp³-hybridized carbons (Fsp3) is 0.733. The lowest BCUT2D eigenvalue weighted by molar-refractivity contribution is -0.133. The van der Waals surface area contributed by atoms with E-state index in [1.807, 2.05) is 0 Å². The third-order valence-electron chi connectivity index (χ3n) is 4.75. The van der Waals surface area contributed by atoms with E-state index in [1.165, 1.54) is 0 Å². The molecule has 1 N–H and O–H groups in total. The van der Waals surface area contributed by atoms with Gasteiger partial charge in [0.05, 0.1) is 6.04 Å². The molecule has 0 unspecified atom stereocenters. The zero-order valence-corrected chi connectivity index (χ0v) is 13.0. The Balaban J connectivity index is 1.43. The van der Waals surface area contributed by atoms with Gasteiger partial charge in [0.1, 0.15) is 6.54 Å². The number of likely N-dealkylation sites (tertiary alicyclic amines) is 1. The summed E-state index contributed by atoms with van der Waals surface area (Å²) in [6.07, 6.45) is 4.87. The van der Waals surface area contributed by atoms with Gasteiger partial charge in [0, 0.05) is 25.6 Å². The van der Waals surface area contributed by atoms with E-state index in [9.17, 15) is 9.59 Å². The summed E-state index contributed by atoms with van der Waals surface area (Å²) in [5.74, 6) is 1.69. The van der Waals surface area contributed by atoms with Crippen LogP contribution in [-0.2, 0) is 4.79 Å². The Labute approximate surface area is 134 Å². The minimum absolute atomic E-state index is 0.0395. The summed E-state index contributed by atoms with van der Waals surface area (Å²) in [6.45, 7) is 2.12. The Bertz CT molecular complexity index is 612. The highest BCUT2D eigenvalue weighted by Gasteiger charge is 2.36. The maximum absolute atomic E-state index is 12.6. The van der Waals surface area contributed by atoms with Gasteiger partial charge in [0.2, 0.25) is 11.8 Å². The molecular formula is C15H21N5O3. The third kappa shape index (κ3) is 2.89. The molecular weight excluding hydrogens is 298 g/mol. The van der Waals surface area contributed by atoms with Crippen LogP contribution in [0.25, 0.3) is 0 Å². The first kappa shape index (κ1) is 14.5. The number of hydrogen-bond acceptors (Lipinski definition) is 5. The van der Waals surface area contributed by atoms with Crippen molar-refractivity contribution in [2.24, 2.45) is 0 Å². The normalized spacial score (nSPS) is 24.9. The van der Waals surface area contributed by atoms with Crippen molar-refractivity contribution in [1.29, 1.82) is 0 Å². The van der Waals surface area contributed by atoms with Crippen LogP contribution in [0.4, 0.5) is 4.79 Å². The molecule has 3 heterocycles. The van der Waals surface area contributed by atoms with Crippen LogP contribution in [0.2, 0.25) is 0 Å². The predicted octanol–water partition coefficient (Wildman–Crippen LogP) is 1.03. The zero-order valence-electron chi connectivity index (χ0n) is 13.0. The summed E-state index contributed by atoms with van der Waals surface area (Å²) in [5.41, 5.74) is 0. The summed E-state index contributed by atoms with van der Waals surface area (Å²) in [4.78, 5) is 32.3. The van der Waals surface area contributed by atoms with Gasteiger partial charge in [-0.2, -0.15) is 4.98 Å². The molecule has 124 valence electrons. The summed E-state index contributed by atoms with van der Waals surface area (Å²) < 4.78 is 5.32. The molecule has 1 aliphatic carbocycles. The first-order chi connectivity index (χ1) is 11.2. The van der Waals surface area contributed by atoms with E-state index in [0.29, 0.717) is 37.3 Å². The number of urea groups is 1. The van der Waals surface area contributed by atoms with Crippen molar-refractivity contribution in [2.45, 2.75) is 44.1 Å². The van der Waals surface area contributed by atoms with E-state index in [1.54, 1.807) is 9.80 Å². The van der Waals surface area contributed by atoms with Crippen LogP contribution in [0, 0.1) is 0 Å². The van der Waals surface area contributed by atoms with E-state index < -0.39 is 0 Å². The number of amides is 3. The smallest absolute Gasteiger partial charge is 0.317 e. The summed E-state index contributed by atoms with van der Waals surface area (Å²) in [5, 5.41) is 6.85. The molecule has 23 heavy (non-hydrogen) atoms. The van der Waals surface area contributed by atoms with E-state index in [0.717, 1.165) is 32.1 Å². The van der Waals surface area contributed by atoms with E-state index in [-0.39, 0.29) is 24.5 Å². The minimum atomic E-state index is -0.157. The number of aromatic nitrogens is 2. The lowest BCUT2D eigenvalue weighted by Gasteiger charge is -2.30. The molecule has 1 atom stereocenters. The molecule has 0 aromatic carbocycles. The Morgan fingerprint density at radius 1 is 1.26 bits per heavy atom. The predicted molar refractivity (Wildman–Crippen MR) is 79.5 cm³/mol. The number of carbonyl (C=O) groups excluding carboxylic acids is 2. The Hall–Kier alpha value is -2.12. The van der Waals surface area contributed by atoms with Crippen LogP contribution in [0.5, 0.6) is 0 Å². The van der Waals surface area contributed by atoms with Gasteiger partial charge in [-0.1, -0.05) is 5.16 Å². The van der Waals surface area contributed by atoms with E-state index in [4.69, 9.17) is 4.52 Å². The molecule has 0 spiro atoms. The minimum Gasteiger partial charge on any atom is -0.339 e. The molecule has 2 saturated heterocycles. The Kier molecular flexibility index (Phi) is 3.66. The van der Waals surface area contributed by atoms with Crippen molar-refractivity contribution in [1.82, 2.24) is 25.3 Å². The highest BCUT2D eigenvalue weighted by Crippen LogP contribution is 2.40. The van der Waals surface area contributed by atoms with Crippen molar-refractivity contribution in [3.05, 3.63) is 11.7 Å². The van der Waals surface area contributed by atoms with Crippen LogP contribution in [0.3, 0.4) is 0 Å². The van der Waals surface area contributed by atoms with Crippen molar-refractivity contribution in [3.8, 4) is 0 Å². The van der Waals surface area contributed by atoms with Crippen LogP contribution in [0.1, 0.15) is 55.8 Å². The molecule has 1 saturated carbocycles. The van der Waals surface area contributed by atoms with Gasteiger partial charge >= 0.3 is 6.03 Å². The van der Waals surface area contributed by atoms with Crippen molar-refractivity contribution >= 4 is 11.9 Å². The van der Waals surface area contributed by atoms with Gasteiger partial charge in [-0.25, -0.2) is 4.79 Å².